The minimum Gasteiger partial charge on any atom is -0.314 e. The lowest BCUT2D eigenvalue weighted by Gasteiger charge is -2.17. The maximum atomic E-state index is 4.26. The fraction of sp³-hybridized carbons (Fsp3) is 0.667. The molecule has 0 aromatic carbocycles. The zero-order valence-corrected chi connectivity index (χ0v) is 11.1. The van der Waals surface area contributed by atoms with Crippen LogP contribution in [-0.2, 0) is 6.42 Å². The lowest BCUT2D eigenvalue weighted by Crippen LogP contribution is -2.32. The minimum absolute atomic E-state index is 0.732. The predicted molar refractivity (Wildman–Crippen MR) is 72.1 cm³/mol. The zero-order valence-electron chi connectivity index (χ0n) is 11.1. The molecule has 1 aliphatic rings. The summed E-state index contributed by atoms with van der Waals surface area (Å²) in [4.78, 5) is 4.26. The van der Waals surface area contributed by atoms with Crippen LogP contribution in [0.25, 0.3) is 0 Å². The maximum absolute atomic E-state index is 4.26. The predicted octanol–water partition coefficient (Wildman–Crippen LogP) is 3.10. The van der Waals surface area contributed by atoms with Gasteiger partial charge in [0.25, 0.3) is 0 Å². The number of aromatic nitrogens is 1. The standard InChI is InChI=1S/C15H24N2/c1-3-8-17-15(14-5-6-14)7-4-13-9-12(2)10-16-11-13/h9-11,14-15,17H,3-8H2,1-2H3. The first kappa shape index (κ1) is 12.6. The third kappa shape index (κ3) is 4.12. The van der Waals surface area contributed by atoms with Gasteiger partial charge in [-0.25, -0.2) is 0 Å². The SMILES string of the molecule is CCCNC(CCc1cncc(C)c1)C1CC1. The second-order valence-electron chi connectivity index (χ2n) is 5.31. The number of rotatable bonds is 7. The second kappa shape index (κ2) is 6.15. The van der Waals surface area contributed by atoms with Crippen molar-refractivity contribution in [2.45, 2.75) is 52.0 Å². The van der Waals surface area contributed by atoms with E-state index in [1.54, 1.807) is 0 Å². The van der Waals surface area contributed by atoms with Gasteiger partial charge in [-0.3, -0.25) is 4.98 Å². The molecule has 1 saturated carbocycles. The summed E-state index contributed by atoms with van der Waals surface area (Å²) in [6.45, 7) is 5.51. The Balaban J connectivity index is 1.82. The van der Waals surface area contributed by atoms with Crippen LogP contribution in [0, 0.1) is 12.8 Å². The molecule has 17 heavy (non-hydrogen) atoms. The van der Waals surface area contributed by atoms with Gasteiger partial charge in [0.1, 0.15) is 0 Å². The van der Waals surface area contributed by atoms with Crippen LogP contribution >= 0.6 is 0 Å². The molecule has 2 heteroatoms. The molecule has 0 saturated heterocycles. The van der Waals surface area contributed by atoms with Gasteiger partial charge in [0.05, 0.1) is 0 Å². The van der Waals surface area contributed by atoms with Gasteiger partial charge in [0.15, 0.2) is 0 Å². The summed E-state index contributed by atoms with van der Waals surface area (Å²) >= 11 is 0. The quantitative estimate of drug-likeness (QED) is 0.781. The summed E-state index contributed by atoms with van der Waals surface area (Å²) in [6, 6.07) is 2.99. The number of aryl methyl sites for hydroxylation is 2. The first-order valence-electron chi connectivity index (χ1n) is 6.93. The Hall–Kier alpha value is -0.890. The number of hydrogen-bond donors (Lipinski definition) is 1. The largest absolute Gasteiger partial charge is 0.314 e. The number of pyridine rings is 1. The van der Waals surface area contributed by atoms with Crippen molar-refractivity contribution in [3.8, 4) is 0 Å². The number of hydrogen-bond acceptors (Lipinski definition) is 2. The van der Waals surface area contributed by atoms with Gasteiger partial charge in [-0.05, 0) is 62.6 Å². The highest BCUT2D eigenvalue weighted by Gasteiger charge is 2.30. The van der Waals surface area contributed by atoms with Crippen LogP contribution in [0.3, 0.4) is 0 Å². The summed E-state index contributed by atoms with van der Waals surface area (Å²) < 4.78 is 0. The van der Waals surface area contributed by atoms with E-state index in [9.17, 15) is 0 Å². The van der Waals surface area contributed by atoms with E-state index >= 15 is 0 Å². The molecule has 0 aliphatic heterocycles. The summed E-state index contributed by atoms with van der Waals surface area (Å²) in [5.41, 5.74) is 2.65. The van der Waals surface area contributed by atoms with Crippen molar-refractivity contribution in [2.24, 2.45) is 5.92 Å². The van der Waals surface area contributed by atoms with E-state index in [1.807, 2.05) is 12.4 Å². The van der Waals surface area contributed by atoms with Crippen LogP contribution in [-0.4, -0.2) is 17.6 Å². The van der Waals surface area contributed by atoms with E-state index in [-0.39, 0.29) is 0 Å². The molecule has 2 nitrogen and oxygen atoms in total. The molecule has 94 valence electrons. The van der Waals surface area contributed by atoms with Gasteiger partial charge in [0.2, 0.25) is 0 Å². The lowest BCUT2D eigenvalue weighted by molar-refractivity contribution is 0.435. The van der Waals surface area contributed by atoms with Crippen molar-refractivity contribution in [2.75, 3.05) is 6.54 Å². The fourth-order valence-electron chi connectivity index (χ4n) is 2.41. The highest BCUT2D eigenvalue weighted by atomic mass is 14.9. The Bertz CT molecular complexity index is 345. The first-order chi connectivity index (χ1) is 8.29. The molecule has 1 atom stereocenters. The molecule has 1 heterocycles. The Kier molecular flexibility index (Phi) is 4.55. The molecule has 1 aromatic rings. The van der Waals surface area contributed by atoms with E-state index in [1.165, 1.54) is 36.8 Å². The summed E-state index contributed by atoms with van der Waals surface area (Å²) in [7, 11) is 0. The van der Waals surface area contributed by atoms with Gasteiger partial charge >= 0.3 is 0 Å². The van der Waals surface area contributed by atoms with Crippen molar-refractivity contribution in [1.82, 2.24) is 10.3 Å². The normalized spacial score (nSPS) is 17.1. The van der Waals surface area contributed by atoms with Gasteiger partial charge in [-0.2, -0.15) is 0 Å². The molecule has 1 unspecified atom stereocenters. The van der Waals surface area contributed by atoms with Gasteiger partial charge < -0.3 is 5.32 Å². The highest BCUT2D eigenvalue weighted by Crippen LogP contribution is 2.34. The molecule has 0 bridgehead atoms. The maximum Gasteiger partial charge on any atom is 0.0300 e. The van der Waals surface area contributed by atoms with Crippen LogP contribution in [0.5, 0.6) is 0 Å². The first-order valence-corrected chi connectivity index (χ1v) is 6.93. The Morgan fingerprint density at radius 3 is 2.88 bits per heavy atom. The van der Waals surface area contributed by atoms with Crippen molar-refractivity contribution in [1.29, 1.82) is 0 Å². The molecule has 2 rings (SSSR count). The Morgan fingerprint density at radius 1 is 1.41 bits per heavy atom. The number of nitrogens with zero attached hydrogens (tertiary/aromatic N) is 1. The molecule has 1 aromatic heterocycles. The van der Waals surface area contributed by atoms with Gasteiger partial charge in [-0.1, -0.05) is 13.0 Å². The molecule has 0 amide bonds. The van der Waals surface area contributed by atoms with Crippen LogP contribution in [0.2, 0.25) is 0 Å². The fourth-order valence-corrected chi connectivity index (χ4v) is 2.41. The van der Waals surface area contributed by atoms with E-state index in [0.717, 1.165) is 24.9 Å². The molecule has 0 radical (unpaired) electrons. The van der Waals surface area contributed by atoms with Gasteiger partial charge in [0, 0.05) is 18.4 Å². The number of nitrogens with one attached hydrogen (secondary N) is 1. The molecule has 1 aliphatic carbocycles. The third-order valence-electron chi connectivity index (χ3n) is 3.52. The van der Waals surface area contributed by atoms with Crippen molar-refractivity contribution in [3.63, 3.8) is 0 Å². The zero-order chi connectivity index (χ0) is 12.1. The third-order valence-corrected chi connectivity index (χ3v) is 3.52. The topological polar surface area (TPSA) is 24.9 Å². The van der Waals surface area contributed by atoms with E-state index in [0.29, 0.717) is 0 Å². The van der Waals surface area contributed by atoms with Crippen LogP contribution < -0.4 is 5.32 Å². The monoisotopic (exact) mass is 232 g/mol. The van der Waals surface area contributed by atoms with Gasteiger partial charge in [-0.15, -0.1) is 0 Å². The second-order valence-corrected chi connectivity index (χ2v) is 5.31. The molecular weight excluding hydrogens is 208 g/mol. The Labute approximate surface area is 105 Å². The average Bonchev–Trinajstić information content (AvgIpc) is 3.13. The molecule has 1 fully saturated rings. The van der Waals surface area contributed by atoms with E-state index in [4.69, 9.17) is 0 Å². The Morgan fingerprint density at radius 2 is 2.24 bits per heavy atom. The van der Waals surface area contributed by atoms with E-state index in [2.05, 4.69) is 30.2 Å². The minimum atomic E-state index is 0.732. The molecule has 0 spiro atoms. The van der Waals surface area contributed by atoms with Crippen molar-refractivity contribution < 1.29 is 0 Å². The summed E-state index contributed by atoms with van der Waals surface area (Å²) in [6.07, 6.45) is 10.4. The van der Waals surface area contributed by atoms with Crippen molar-refractivity contribution >= 4 is 0 Å². The van der Waals surface area contributed by atoms with Crippen molar-refractivity contribution in [3.05, 3.63) is 29.6 Å². The van der Waals surface area contributed by atoms with Crippen LogP contribution in [0.1, 0.15) is 43.7 Å². The lowest BCUT2D eigenvalue weighted by atomic mass is 10.0. The van der Waals surface area contributed by atoms with E-state index < -0.39 is 0 Å². The highest BCUT2D eigenvalue weighted by molar-refractivity contribution is 5.16. The summed E-state index contributed by atoms with van der Waals surface area (Å²) in [5.74, 6) is 0.944. The van der Waals surface area contributed by atoms with Crippen LogP contribution in [0.4, 0.5) is 0 Å². The van der Waals surface area contributed by atoms with Crippen LogP contribution in [0.15, 0.2) is 18.5 Å². The average molecular weight is 232 g/mol. The molecule has 1 N–H and O–H groups in total. The molecular formula is C15H24N2. The summed E-state index contributed by atoms with van der Waals surface area (Å²) in [5, 5.41) is 3.70. The smallest absolute Gasteiger partial charge is 0.0300 e.